The number of rotatable bonds is 2. The normalized spacial score (nSPS) is 9.88. The van der Waals surface area contributed by atoms with Gasteiger partial charge in [-0.05, 0) is 36.8 Å². The molecule has 0 aliphatic heterocycles. The Morgan fingerprint density at radius 2 is 2.18 bits per heavy atom. The molecule has 0 amide bonds. The zero-order valence-electron chi connectivity index (χ0n) is 9.21. The van der Waals surface area contributed by atoms with Crippen molar-refractivity contribution in [2.45, 2.75) is 6.92 Å². The van der Waals surface area contributed by atoms with Gasteiger partial charge in [-0.15, -0.1) is 0 Å². The van der Waals surface area contributed by atoms with Crippen molar-refractivity contribution >= 4 is 5.97 Å². The first-order valence-corrected chi connectivity index (χ1v) is 5.04. The largest absolute Gasteiger partial charge is 0.478 e. The number of benzene rings is 1. The van der Waals surface area contributed by atoms with E-state index in [-0.39, 0.29) is 0 Å². The van der Waals surface area contributed by atoms with Gasteiger partial charge in [0.05, 0.1) is 11.1 Å². The first-order chi connectivity index (χ1) is 8.11. The summed E-state index contributed by atoms with van der Waals surface area (Å²) in [6, 6.07) is 8.83. The van der Waals surface area contributed by atoms with Crippen molar-refractivity contribution in [2.75, 3.05) is 0 Å². The fourth-order valence-electron chi connectivity index (χ4n) is 1.67. The summed E-state index contributed by atoms with van der Waals surface area (Å²) in [5.41, 5.74) is 2.41. The number of nitrogens with zero attached hydrogens (tertiary/aromatic N) is 2. The van der Waals surface area contributed by atoms with Gasteiger partial charge in [0.25, 0.3) is 0 Å². The molecule has 0 spiro atoms. The van der Waals surface area contributed by atoms with Crippen LogP contribution in [0.1, 0.15) is 21.5 Å². The zero-order chi connectivity index (χ0) is 12.4. The van der Waals surface area contributed by atoms with E-state index in [4.69, 9.17) is 10.4 Å². The van der Waals surface area contributed by atoms with Gasteiger partial charge in [0.1, 0.15) is 6.07 Å². The molecule has 0 atom stereocenters. The number of aryl methyl sites for hydroxylation is 1. The third-order valence-corrected chi connectivity index (χ3v) is 2.56. The Labute approximate surface area is 98.4 Å². The monoisotopic (exact) mass is 226 g/mol. The van der Waals surface area contributed by atoms with Crippen LogP contribution in [-0.2, 0) is 0 Å². The first kappa shape index (κ1) is 11.0. The van der Waals surface area contributed by atoms with Crippen LogP contribution in [0.5, 0.6) is 0 Å². The summed E-state index contributed by atoms with van der Waals surface area (Å²) in [4.78, 5) is 10.9. The Morgan fingerprint density at radius 3 is 2.71 bits per heavy atom. The molecule has 1 heterocycles. The van der Waals surface area contributed by atoms with Crippen LogP contribution in [0.3, 0.4) is 0 Å². The highest BCUT2D eigenvalue weighted by Crippen LogP contribution is 2.16. The molecular weight excluding hydrogens is 216 g/mol. The van der Waals surface area contributed by atoms with E-state index in [0.29, 0.717) is 16.7 Å². The summed E-state index contributed by atoms with van der Waals surface area (Å²) >= 11 is 0. The quantitative estimate of drug-likeness (QED) is 0.854. The molecule has 4 heteroatoms. The highest BCUT2D eigenvalue weighted by Gasteiger charge is 2.07. The minimum Gasteiger partial charge on any atom is -0.478 e. The Hall–Kier alpha value is -2.54. The van der Waals surface area contributed by atoms with Crippen LogP contribution in [0, 0.1) is 18.3 Å². The number of carboxylic acids is 1. The second kappa shape index (κ2) is 4.14. The average Bonchev–Trinajstić information content (AvgIpc) is 2.76. The lowest BCUT2D eigenvalue weighted by Crippen LogP contribution is -2.01. The SMILES string of the molecule is Cc1cc(-n2ccc(C#N)c2)ccc1C(=O)O. The molecule has 0 fully saturated rings. The lowest BCUT2D eigenvalue weighted by atomic mass is 10.1. The number of aromatic nitrogens is 1. The minimum absolute atomic E-state index is 0.293. The van der Waals surface area contributed by atoms with Crippen molar-refractivity contribution in [3.8, 4) is 11.8 Å². The van der Waals surface area contributed by atoms with Crippen LogP contribution in [0.2, 0.25) is 0 Å². The molecular formula is C13H10N2O2. The molecule has 0 unspecified atom stereocenters. The van der Waals surface area contributed by atoms with Crippen molar-refractivity contribution in [1.82, 2.24) is 4.57 Å². The highest BCUT2D eigenvalue weighted by molar-refractivity contribution is 5.89. The van der Waals surface area contributed by atoms with Crippen molar-refractivity contribution in [3.05, 3.63) is 53.3 Å². The van der Waals surface area contributed by atoms with E-state index in [1.807, 2.05) is 6.07 Å². The summed E-state index contributed by atoms with van der Waals surface area (Å²) in [6.45, 7) is 1.75. The molecule has 4 nitrogen and oxygen atoms in total. The maximum atomic E-state index is 10.9. The van der Waals surface area contributed by atoms with Gasteiger partial charge in [-0.2, -0.15) is 5.26 Å². The molecule has 0 saturated carbocycles. The predicted octanol–water partition coefficient (Wildman–Crippen LogP) is 2.36. The number of carbonyl (C=O) groups is 1. The topological polar surface area (TPSA) is 66.0 Å². The Balaban J connectivity index is 2.45. The molecule has 1 aromatic carbocycles. The fraction of sp³-hybridized carbons (Fsp3) is 0.0769. The van der Waals surface area contributed by atoms with Gasteiger partial charge in [0, 0.05) is 18.1 Å². The molecule has 2 aromatic rings. The maximum Gasteiger partial charge on any atom is 0.335 e. The van der Waals surface area contributed by atoms with Gasteiger partial charge >= 0.3 is 5.97 Å². The summed E-state index contributed by atoms with van der Waals surface area (Å²) in [7, 11) is 0. The molecule has 17 heavy (non-hydrogen) atoms. The molecule has 1 aromatic heterocycles. The number of hydrogen-bond donors (Lipinski definition) is 1. The number of carboxylic acid groups (broad SMARTS) is 1. The number of hydrogen-bond acceptors (Lipinski definition) is 2. The van der Waals surface area contributed by atoms with Gasteiger partial charge in [-0.25, -0.2) is 4.79 Å². The summed E-state index contributed by atoms with van der Waals surface area (Å²) in [5.74, 6) is -0.931. The Kier molecular flexibility index (Phi) is 2.67. The van der Waals surface area contributed by atoms with Gasteiger partial charge in [0.2, 0.25) is 0 Å². The van der Waals surface area contributed by atoms with Crippen LogP contribution in [0.4, 0.5) is 0 Å². The molecule has 0 aliphatic carbocycles. The van der Waals surface area contributed by atoms with Gasteiger partial charge in [0.15, 0.2) is 0 Å². The van der Waals surface area contributed by atoms with E-state index in [1.54, 1.807) is 48.1 Å². The van der Waals surface area contributed by atoms with Crippen LogP contribution in [0.15, 0.2) is 36.7 Å². The number of nitriles is 1. The molecule has 0 aliphatic rings. The second-order valence-electron chi connectivity index (χ2n) is 3.72. The second-order valence-corrected chi connectivity index (χ2v) is 3.72. The maximum absolute atomic E-state index is 10.9. The van der Waals surface area contributed by atoms with Gasteiger partial charge < -0.3 is 9.67 Å². The van der Waals surface area contributed by atoms with Crippen molar-refractivity contribution in [1.29, 1.82) is 5.26 Å². The summed E-state index contributed by atoms with van der Waals surface area (Å²) in [5, 5.41) is 17.6. The van der Waals surface area contributed by atoms with Gasteiger partial charge in [-0.3, -0.25) is 0 Å². The molecule has 2 rings (SSSR count). The smallest absolute Gasteiger partial charge is 0.335 e. The third-order valence-electron chi connectivity index (χ3n) is 2.56. The minimum atomic E-state index is -0.931. The Morgan fingerprint density at radius 1 is 1.41 bits per heavy atom. The van der Waals surface area contributed by atoms with E-state index >= 15 is 0 Å². The van der Waals surface area contributed by atoms with Crippen LogP contribution in [0.25, 0.3) is 5.69 Å². The summed E-state index contributed by atoms with van der Waals surface area (Å²) in [6.07, 6.45) is 3.48. The lowest BCUT2D eigenvalue weighted by Gasteiger charge is -2.06. The van der Waals surface area contributed by atoms with Crippen molar-refractivity contribution in [3.63, 3.8) is 0 Å². The van der Waals surface area contributed by atoms with Crippen LogP contribution in [-0.4, -0.2) is 15.6 Å². The van der Waals surface area contributed by atoms with E-state index in [9.17, 15) is 4.79 Å². The third kappa shape index (κ3) is 2.04. The highest BCUT2D eigenvalue weighted by atomic mass is 16.4. The standard InChI is InChI=1S/C13H10N2O2/c1-9-6-11(2-3-12(9)13(16)17)15-5-4-10(7-14)8-15/h2-6,8H,1H3,(H,16,17). The average molecular weight is 226 g/mol. The Bertz CT molecular complexity index is 621. The fourth-order valence-corrected chi connectivity index (χ4v) is 1.67. The molecule has 0 saturated heterocycles. The van der Waals surface area contributed by atoms with E-state index in [2.05, 4.69) is 0 Å². The molecule has 0 radical (unpaired) electrons. The lowest BCUT2D eigenvalue weighted by molar-refractivity contribution is 0.0696. The van der Waals surface area contributed by atoms with E-state index in [0.717, 1.165) is 5.69 Å². The molecule has 0 bridgehead atoms. The zero-order valence-corrected chi connectivity index (χ0v) is 9.21. The first-order valence-electron chi connectivity index (χ1n) is 5.04. The predicted molar refractivity (Wildman–Crippen MR) is 62.2 cm³/mol. The van der Waals surface area contributed by atoms with Gasteiger partial charge in [-0.1, -0.05) is 0 Å². The van der Waals surface area contributed by atoms with Crippen LogP contribution < -0.4 is 0 Å². The van der Waals surface area contributed by atoms with Crippen LogP contribution >= 0.6 is 0 Å². The molecule has 84 valence electrons. The summed E-state index contributed by atoms with van der Waals surface area (Å²) < 4.78 is 1.79. The molecule has 1 N–H and O–H groups in total. The van der Waals surface area contributed by atoms with E-state index in [1.165, 1.54) is 0 Å². The van der Waals surface area contributed by atoms with E-state index < -0.39 is 5.97 Å². The van der Waals surface area contributed by atoms with Crippen molar-refractivity contribution in [2.24, 2.45) is 0 Å². The number of aromatic carboxylic acids is 1. The van der Waals surface area contributed by atoms with Crippen molar-refractivity contribution < 1.29 is 9.90 Å².